The highest BCUT2D eigenvalue weighted by molar-refractivity contribution is 5.86. The van der Waals surface area contributed by atoms with E-state index in [9.17, 15) is 4.79 Å². The van der Waals surface area contributed by atoms with Crippen molar-refractivity contribution in [2.45, 2.75) is 25.9 Å². The van der Waals surface area contributed by atoms with E-state index in [-0.39, 0.29) is 12.6 Å². The van der Waals surface area contributed by atoms with Crippen LogP contribution in [0.25, 0.3) is 0 Å². The maximum absolute atomic E-state index is 11.1. The van der Waals surface area contributed by atoms with Crippen LogP contribution in [0.3, 0.4) is 0 Å². The van der Waals surface area contributed by atoms with E-state index in [0.717, 1.165) is 25.9 Å². The smallest absolute Gasteiger partial charge is 0.333 e. The predicted molar refractivity (Wildman–Crippen MR) is 79.3 cm³/mol. The van der Waals surface area contributed by atoms with Gasteiger partial charge in [0.25, 0.3) is 0 Å². The van der Waals surface area contributed by atoms with Gasteiger partial charge in [-0.05, 0) is 32.9 Å². The zero-order valence-corrected chi connectivity index (χ0v) is 12.9. The second-order valence-corrected chi connectivity index (χ2v) is 4.96. The molecule has 0 saturated carbocycles. The topological polar surface area (TPSA) is 66.0 Å². The van der Waals surface area contributed by atoms with E-state index in [1.165, 1.54) is 0 Å². The van der Waals surface area contributed by atoms with Crippen LogP contribution in [0.1, 0.15) is 19.8 Å². The highest BCUT2D eigenvalue weighted by atomic mass is 16.6. The van der Waals surface area contributed by atoms with Crippen LogP contribution in [0.5, 0.6) is 0 Å². The van der Waals surface area contributed by atoms with Gasteiger partial charge in [0, 0.05) is 5.57 Å². The van der Waals surface area contributed by atoms with Crippen molar-refractivity contribution in [1.82, 2.24) is 5.32 Å². The molecular weight excluding hydrogens is 274 g/mol. The van der Waals surface area contributed by atoms with E-state index in [1.807, 2.05) is 0 Å². The van der Waals surface area contributed by atoms with Crippen LogP contribution < -0.4 is 5.32 Å². The minimum Gasteiger partial charge on any atom is -0.460 e. The molecule has 0 spiro atoms. The first-order valence-electron chi connectivity index (χ1n) is 7.50. The van der Waals surface area contributed by atoms with Crippen LogP contribution in [0.15, 0.2) is 12.2 Å². The normalized spacial score (nSPS) is 15.9. The predicted octanol–water partition coefficient (Wildman–Crippen LogP) is 0.908. The largest absolute Gasteiger partial charge is 0.460 e. The number of carbonyl (C=O) groups is 1. The Balaban J connectivity index is 1.78. The molecule has 21 heavy (non-hydrogen) atoms. The third kappa shape index (κ3) is 9.57. The zero-order valence-electron chi connectivity index (χ0n) is 12.9. The minimum absolute atomic E-state index is 0.241. The summed E-state index contributed by atoms with van der Waals surface area (Å²) >= 11 is 0. The molecule has 1 rings (SSSR count). The Hall–Kier alpha value is -0.950. The monoisotopic (exact) mass is 301 g/mol. The molecule has 0 bridgehead atoms. The molecule has 0 aromatic carbocycles. The van der Waals surface area contributed by atoms with Crippen LogP contribution in [0.2, 0.25) is 0 Å². The highest BCUT2D eigenvalue weighted by Crippen LogP contribution is 2.06. The summed E-state index contributed by atoms with van der Waals surface area (Å²) in [7, 11) is 0. The SMILES string of the molecule is C=C(C)C(=O)OCCOCCOCCOC1CCNCC1. The van der Waals surface area contributed by atoms with Crippen molar-refractivity contribution in [1.29, 1.82) is 0 Å². The number of rotatable bonds is 11. The van der Waals surface area contributed by atoms with Crippen molar-refractivity contribution in [3.63, 3.8) is 0 Å². The fourth-order valence-electron chi connectivity index (χ4n) is 1.87. The fourth-order valence-corrected chi connectivity index (χ4v) is 1.87. The first-order valence-corrected chi connectivity index (χ1v) is 7.50. The van der Waals surface area contributed by atoms with Gasteiger partial charge < -0.3 is 24.3 Å². The van der Waals surface area contributed by atoms with Gasteiger partial charge in [0.1, 0.15) is 6.61 Å². The fraction of sp³-hybridized carbons (Fsp3) is 0.800. The van der Waals surface area contributed by atoms with Crippen LogP contribution in [0.4, 0.5) is 0 Å². The number of carbonyl (C=O) groups excluding carboxylic acids is 1. The van der Waals surface area contributed by atoms with Crippen molar-refractivity contribution in [2.75, 3.05) is 52.7 Å². The Labute approximate surface area is 126 Å². The van der Waals surface area contributed by atoms with Gasteiger partial charge in [-0.25, -0.2) is 4.79 Å². The Morgan fingerprint density at radius 2 is 1.62 bits per heavy atom. The molecule has 1 aliphatic rings. The summed E-state index contributed by atoms with van der Waals surface area (Å²) in [5.41, 5.74) is 0.395. The average molecular weight is 301 g/mol. The summed E-state index contributed by atoms with van der Waals surface area (Å²) < 4.78 is 21.3. The Kier molecular flexibility index (Phi) is 10.1. The Bertz CT molecular complexity index is 302. The lowest BCUT2D eigenvalue weighted by Gasteiger charge is -2.22. The molecule has 0 amide bonds. The zero-order chi connectivity index (χ0) is 15.3. The Morgan fingerprint density at radius 3 is 2.24 bits per heavy atom. The number of hydrogen-bond donors (Lipinski definition) is 1. The quantitative estimate of drug-likeness (QED) is 0.348. The second kappa shape index (κ2) is 11.7. The van der Waals surface area contributed by atoms with Crippen molar-refractivity contribution in [3.8, 4) is 0 Å². The summed E-state index contributed by atoms with van der Waals surface area (Å²) in [6, 6.07) is 0. The van der Waals surface area contributed by atoms with Gasteiger partial charge in [-0.1, -0.05) is 6.58 Å². The first kappa shape index (κ1) is 18.1. The summed E-state index contributed by atoms with van der Waals surface area (Å²) in [5.74, 6) is -0.384. The average Bonchev–Trinajstić information content (AvgIpc) is 2.49. The molecule has 122 valence electrons. The van der Waals surface area contributed by atoms with Gasteiger partial charge in [0.05, 0.1) is 39.1 Å². The number of nitrogens with one attached hydrogen (secondary N) is 1. The molecule has 0 aromatic heterocycles. The highest BCUT2D eigenvalue weighted by Gasteiger charge is 2.12. The molecule has 1 N–H and O–H groups in total. The molecule has 1 saturated heterocycles. The molecule has 6 heteroatoms. The third-order valence-electron chi connectivity index (χ3n) is 3.05. The number of ether oxygens (including phenoxy) is 4. The molecule has 1 heterocycles. The van der Waals surface area contributed by atoms with Gasteiger partial charge in [0.2, 0.25) is 0 Å². The van der Waals surface area contributed by atoms with Crippen LogP contribution in [0, 0.1) is 0 Å². The summed E-state index contributed by atoms with van der Waals surface area (Å²) in [5, 5.41) is 3.30. The van der Waals surface area contributed by atoms with Gasteiger partial charge in [-0.3, -0.25) is 0 Å². The van der Waals surface area contributed by atoms with E-state index in [1.54, 1.807) is 6.92 Å². The van der Waals surface area contributed by atoms with Gasteiger partial charge in [-0.2, -0.15) is 0 Å². The van der Waals surface area contributed by atoms with Gasteiger partial charge in [-0.15, -0.1) is 0 Å². The molecule has 0 aliphatic carbocycles. The van der Waals surface area contributed by atoms with E-state index in [2.05, 4.69) is 11.9 Å². The van der Waals surface area contributed by atoms with Crippen molar-refractivity contribution >= 4 is 5.97 Å². The molecule has 0 radical (unpaired) electrons. The van der Waals surface area contributed by atoms with E-state index in [0.29, 0.717) is 44.7 Å². The lowest BCUT2D eigenvalue weighted by atomic mass is 10.1. The molecule has 0 atom stereocenters. The second-order valence-electron chi connectivity index (χ2n) is 4.96. The lowest BCUT2D eigenvalue weighted by molar-refractivity contribution is -0.140. The van der Waals surface area contributed by atoms with Crippen LogP contribution in [-0.4, -0.2) is 64.8 Å². The van der Waals surface area contributed by atoms with Crippen molar-refractivity contribution < 1.29 is 23.7 Å². The Morgan fingerprint density at radius 1 is 1.05 bits per heavy atom. The van der Waals surface area contributed by atoms with Crippen LogP contribution >= 0.6 is 0 Å². The third-order valence-corrected chi connectivity index (χ3v) is 3.05. The molecule has 1 aliphatic heterocycles. The maximum atomic E-state index is 11.1. The molecule has 6 nitrogen and oxygen atoms in total. The summed E-state index contributed by atoms with van der Waals surface area (Å²) in [6.45, 7) is 10.0. The summed E-state index contributed by atoms with van der Waals surface area (Å²) in [6.07, 6.45) is 2.52. The van der Waals surface area contributed by atoms with E-state index < -0.39 is 0 Å². The van der Waals surface area contributed by atoms with Crippen LogP contribution in [-0.2, 0) is 23.7 Å². The standard InChI is InChI=1S/C15H27NO5/c1-13(2)15(17)21-12-10-19-8-7-18-9-11-20-14-3-5-16-6-4-14/h14,16H,1,3-12H2,2H3. The maximum Gasteiger partial charge on any atom is 0.333 e. The van der Waals surface area contributed by atoms with Gasteiger partial charge in [0.15, 0.2) is 0 Å². The number of piperidine rings is 1. The molecule has 0 aromatic rings. The van der Waals surface area contributed by atoms with Crippen molar-refractivity contribution in [2.24, 2.45) is 0 Å². The number of esters is 1. The van der Waals surface area contributed by atoms with E-state index >= 15 is 0 Å². The first-order chi connectivity index (χ1) is 10.2. The molecule has 0 unspecified atom stereocenters. The minimum atomic E-state index is -0.384. The van der Waals surface area contributed by atoms with Gasteiger partial charge >= 0.3 is 5.97 Å². The van der Waals surface area contributed by atoms with E-state index in [4.69, 9.17) is 18.9 Å². The summed E-state index contributed by atoms with van der Waals surface area (Å²) in [4.78, 5) is 11.1. The van der Waals surface area contributed by atoms with Crippen molar-refractivity contribution in [3.05, 3.63) is 12.2 Å². The molecular formula is C15H27NO5. The number of hydrogen-bond acceptors (Lipinski definition) is 6. The molecule has 1 fully saturated rings. The lowest BCUT2D eigenvalue weighted by Crippen LogP contribution is -2.33.